The average molecular weight is 436 g/mol. The lowest BCUT2D eigenvalue weighted by atomic mass is 10.3. The van der Waals surface area contributed by atoms with Crippen molar-refractivity contribution in [2.45, 2.75) is 19.4 Å². The second kappa shape index (κ2) is 10.1. The Morgan fingerprint density at radius 2 is 1.97 bits per heavy atom. The van der Waals surface area contributed by atoms with Gasteiger partial charge in [0.2, 0.25) is 0 Å². The smallest absolute Gasteiger partial charge is 0.261 e. The molecule has 0 bridgehead atoms. The fourth-order valence-electron chi connectivity index (χ4n) is 3.45. The zero-order chi connectivity index (χ0) is 21.5. The minimum atomic E-state index is -0.0183. The number of carbonyl (C=O) groups is 1. The molecule has 0 saturated heterocycles. The zero-order valence-corrected chi connectivity index (χ0v) is 18.2. The predicted molar refractivity (Wildman–Crippen MR) is 123 cm³/mol. The van der Waals surface area contributed by atoms with Gasteiger partial charge in [-0.25, -0.2) is 4.98 Å². The van der Waals surface area contributed by atoms with Crippen LogP contribution in [0.1, 0.15) is 21.9 Å². The van der Waals surface area contributed by atoms with Gasteiger partial charge in [-0.3, -0.25) is 4.79 Å². The maximum atomic E-state index is 12.1. The molecule has 2 aromatic heterocycles. The van der Waals surface area contributed by atoms with E-state index in [2.05, 4.69) is 16.0 Å². The van der Waals surface area contributed by atoms with E-state index in [0.717, 1.165) is 46.1 Å². The van der Waals surface area contributed by atoms with Gasteiger partial charge in [0, 0.05) is 19.0 Å². The molecule has 0 spiro atoms. The van der Waals surface area contributed by atoms with Gasteiger partial charge in [-0.1, -0.05) is 24.3 Å². The maximum absolute atomic E-state index is 12.1. The number of nitrogens with zero attached hydrogens (tertiary/aromatic N) is 2. The van der Waals surface area contributed by atoms with E-state index in [1.165, 1.54) is 11.3 Å². The van der Waals surface area contributed by atoms with E-state index < -0.39 is 0 Å². The van der Waals surface area contributed by atoms with Crippen LogP contribution < -0.4 is 14.8 Å². The van der Waals surface area contributed by atoms with E-state index in [0.29, 0.717) is 19.7 Å². The fraction of sp³-hybridized carbons (Fsp3) is 0.250. The summed E-state index contributed by atoms with van der Waals surface area (Å²) in [6.07, 6.45) is 1.59. The summed E-state index contributed by atoms with van der Waals surface area (Å²) >= 11 is 1.45. The van der Waals surface area contributed by atoms with Crippen molar-refractivity contribution in [1.29, 1.82) is 0 Å². The van der Waals surface area contributed by atoms with Crippen molar-refractivity contribution in [3.05, 3.63) is 76.7 Å². The molecule has 1 amide bonds. The highest BCUT2D eigenvalue weighted by Gasteiger charge is 2.11. The molecule has 6 nitrogen and oxygen atoms in total. The third-order valence-corrected chi connectivity index (χ3v) is 5.83. The topological polar surface area (TPSA) is 65.4 Å². The Hall–Kier alpha value is -3.32. The number of thiophene rings is 1. The Kier molecular flexibility index (Phi) is 6.84. The number of hydrogen-bond acceptors (Lipinski definition) is 5. The summed E-state index contributed by atoms with van der Waals surface area (Å²) in [6.45, 7) is 1.82. The van der Waals surface area contributed by atoms with Crippen molar-refractivity contribution < 1.29 is 14.3 Å². The molecule has 4 aromatic rings. The van der Waals surface area contributed by atoms with Gasteiger partial charge in [-0.05, 0) is 42.1 Å². The highest BCUT2D eigenvalue weighted by molar-refractivity contribution is 7.12. The molecule has 0 saturated carbocycles. The molecule has 31 heavy (non-hydrogen) atoms. The number of nitrogens with one attached hydrogen (secondary N) is 1. The Labute approximate surface area is 185 Å². The van der Waals surface area contributed by atoms with E-state index in [9.17, 15) is 4.79 Å². The normalized spacial score (nSPS) is 10.9. The lowest BCUT2D eigenvalue weighted by Crippen LogP contribution is -2.24. The first kappa shape index (κ1) is 20.9. The zero-order valence-electron chi connectivity index (χ0n) is 17.4. The maximum Gasteiger partial charge on any atom is 0.261 e. The third-order valence-electron chi connectivity index (χ3n) is 4.97. The minimum absolute atomic E-state index is 0.0183. The van der Waals surface area contributed by atoms with Crippen molar-refractivity contribution in [2.24, 2.45) is 0 Å². The first-order chi connectivity index (χ1) is 15.2. The van der Waals surface area contributed by atoms with Crippen molar-refractivity contribution in [1.82, 2.24) is 14.9 Å². The summed E-state index contributed by atoms with van der Waals surface area (Å²) in [5, 5.41) is 4.89. The van der Waals surface area contributed by atoms with Crippen LogP contribution in [0.15, 0.2) is 66.0 Å². The van der Waals surface area contributed by atoms with Gasteiger partial charge in [0.05, 0.1) is 29.6 Å². The van der Waals surface area contributed by atoms with Crippen LogP contribution in [0.3, 0.4) is 0 Å². The standard InChI is InChI=1S/C24H25N3O3S/c1-29-18-7-4-8-19(17-18)30-15-14-27-21-10-3-2-9-20(21)26-23(27)12-5-13-25-24(28)22-11-6-16-31-22/h2-4,6-11,16-17H,5,12-15H2,1H3,(H,25,28). The fourth-order valence-corrected chi connectivity index (χ4v) is 4.09. The van der Waals surface area contributed by atoms with Gasteiger partial charge in [0.15, 0.2) is 0 Å². The molecule has 0 atom stereocenters. The molecule has 7 heteroatoms. The molecule has 0 aliphatic carbocycles. The van der Waals surface area contributed by atoms with E-state index >= 15 is 0 Å². The molecule has 0 unspecified atom stereocenters. The van der Waals surface area contributed by atoms with Crippen molar-refractivity contribution in [2.75, 3.05) is 20.3 Å². The molecule has 1 N–H and O–H groups in total. The predicted octanol–water partition coefficient (Wildman–Crippen LogP) is 4.55. The van der Waals surface area contributed by atoms with Crippen molar-refractivity contribution in [3.63, 3.8) is 0 Å². The number of hydrogen-bond donors (Lipinski definition) is 1. The summed E-state index contributed by atoms with van der Waals surface area (Å²) < 4.78 is 13.4. The monoisotopic (exact) mass is 435 g/mol. The van der Waals surface area contributed by atoms with Gasteiger partial charge in [-0.15, -0.1) is 11.3 Å². The lowest BCUT2D eigenvalue weighted by Gasteiger charge is -2.12. The van der Waals surface area contributed by atoms with E-state index in [1.807, 2.05) is 60.0 Å². The van der Waals surface area contributed by atoms with Gasteiger partial charge < -0.3 is 19.4 Å². The lowest BCUT2D eigenvalue weighted by molar-refractivity contribution is 0.0957. The number of imidazole rings is 1. The first-order valence-electron chi connectivity index (χ1n) is 10.3. The largest absolute Gasteiger partial charge is 0.497 e. The van der Waals surface area contributed by atoms with Crippen molar-refractivity contribution in [3.8, 4) is 11.5 Å². The average Bonchev–Trinajstić information content (AvgIpc) is 3.45. The summed E-state index contributed by atoms with van der Waals surface area (Å²) in [4.78, 5) is 17.6. The number of methoxy groups -OCH3 is 1. The molecule has 0 radical (unpaired) electrons. The van der Waals surface area contributed by atoms with E-state index in [-0.39, 0.29) is 5.91 Å². The molecule has 2 aromatic carbocycles. The molecule has 2 heterocycles. The Bertz CT molecular complexity index is 1140. The molecular weight excluding hydrogens is 410 g/mol. The van der Waals surface area contributed by atoms with Crippen molar-refractivity contribution >= 4 is 28.3 Å². The van der Waals surface area contributed by atoms with E-state index in [4.69, 9.17) is 14.5 Å². The van der Waals surface area contributed by atoms with Crippen LogP contribution in [-0.4, -0.2) is 35.7 Å². The highest BCUT2D eigenvalue weighted by atomic mass is 32.1. The minimum Gasteiger partial charge on any atom is -0.497 e. The van der Waals surface area contributed by atoms with Gasteiger partial charge in [-0.2, -0.15) is 0 Å². The molecular formula is C24H25N3O3S. The summed E-state index contributed by atoms with van der Waals surface area (Å²) in [5.41, 5.74) is 2.07. The summed E-state index contributed by atoms with van der Waals surface area (Å²) in [7, 11) is 1.64. The van der Waals surface area contributed by atoms with Crippen LogP contribution in [0.4, 0.5) is 0 Å². The van der Waals surface area contributed by atoms with Crippen LogP contribution in [0.2, 0.25) is 0 Å². The number of fused-ring (bicyclic) bond motifs is 1. The van der Waals surface area contributed by atoms with Crippen LogP contribution in [-0.2, 0) is 13.0 Å². The molecule has 0 aliphatic rings. The number of rotatable bonds is 10. The third kappa shape index (κ3) is 5.24. The Morgan fingerprint density at radius 1 is 1.10 bits per heavy atom. The SMILES string of the molecule is COc1cccc(OCCn2c(CCCNC(=O)c3cccs3)nc3ccccc32)c1. The van der Waals surface area contributed by atoms with Crippen LogP contribution in [0.25, 0.3) is 11.0 Å². The van der Waals surface area contributed by atoms with Gasteiger partial charge in [0.25, 0.3) is 5.91 Å². The Balaban J connectivity index is 1.37. The number of para-hydroxylation sites is 2. The first-order valence-corrected chi connectivity index (χ1v) is 11.2. The number of aromatic nitrogens is 2. The number of ether oxygens (including phenoxy) is 2. The molecule has 4 rings (SSSR count). The number of benzene rings is 2. The van der Waals surface area contributed by atoms with E-state index in [1.54, 1.807) is 7.11 Å². The summed E-state index contributed by atoms with van der Waals surface area (Å²) in [5.74, 6) is 2.54. The van der Waals surface area contributed by atoms with Crippen LogP contribution in [0, 0.1) is 0 Å². The quantitative estimate of drug-likeness (QED) is 0.371. The van der Waals surface area contributed by atoms with Crippen LogP contribution >= 0.6 is 11.3 Å². The van der Waals surface area contributed by atoms with Crippen LogP contribution in [0.5, 0.6) is 11.5 Å². The molecule has 0 aliphatic heterocycles. The summed E-state index contributed by atoms with van der Waals surface area (Å²) in [6, 6.07) is 19.5. The highest BCUT2D eigenvalue weighted by Crippen LogP contribution is 2.20. The molecule has 0 fully saturated rings. The molecule has 160 valence electrons. The Morgan fingerprint density at radius 3 is 2.81 bits per heavy atom. The number of carbonyl (C=O) groups excluding carboxylic acids is 1. The number of amides is 1. The number of aryl methyl sites for hydroxylation is 1. The second-order valence-corrected chi connectivity index (χ2v) is 7.98. The second-order valence-electron chi connectivity index (χ2n) is 7.03. The van der Waals surface area contributed by atoms with Gasteiger partial charge >= 0.3 is 0 Å². The van der Waals surface area contributed by atoms with Gasteiger partial charge in [0.1, 0.15) is 23.9 Å².